The molecule has 0 aromatic heterocycles. The summed E-state index contributed by atoms with van der Waals surface area (Å²) in [5.74, 6) is 0.506. The number of alkyl halides is 3. The fourth-order valence-corrected chi connectivity index (χ4v) is 4.10. The molecule has 0 atom stereocenters. The van der Waals surface area contributed by atoms with Crippen molar-refractivity contribution in [2.45, 2.75) is 19.0 Å². The van der Waals surface area contributed by atoms with Crippen LogP contribution in [0.5, 0.6) is 11.5 Å². The summed E-state index contributed by atoms with van der Waals surface area (Å²) in [6, 6.07) is 8.09. The number of methoxy groups -OCH3 is 2. The Balaban J connectivity index is 2.02. The summed E-state index contributed by atoms with van der Waals surface area (Å²) >= 11 is 5.59. The van der Waals surface area contributed by atoms with Crippen molar-refractivity contribution in [3.63, 3.8) is 0 Å². The van der Waals surface area contributed by atoms with Gasteiger partial charge in [-0.05, 0) is 48.7 Å². The van der Waals surface area contributed by atoms with Gasteiger partial charge in [-0.15, -0.1) is 0 Å². The molecule has 0 spiro atoms. The van der Waals surface area contributed by atoms with Crippen LogP contribution in [0.4, 0.5) is 18.9 Å². The Bertz CT molecular complexity index is 1090. The third-order valence-electron chi connectivity index (χ3n) is 4.64. The van der Waals surface area contributed by atoms with Crippen LogP contribution in [0.3, 0.4) is 0 Å². The van der Waals surface area contributed by atoms with Gasteiger partial charge in [-0.1, -0.05) is 17.7 Å². The van der Waals surface area contributed by atoms with Crippen molar-refractivity contribution in [2.24, 2.45) is 0 Å². The monoisotopic (exact) mass is 508 g/mol. The van der Waals surface area contributed by atoms with Crippen LogP contribution in [0.25, 0.3) is 0 Å². The van der Waals surface area contributed by atoms with E-state index in [0.717, 1.165) is 24.0 Å². The number of hydrogen-bond acceptors (Lipinski definition) is 5. The number of rotatable bonds is 10. The average molecular weight is 509 g/mol. The molecule has 0 fully saturated rings. The summed E-state index contributed by atoms with van der Waals surface area (Å²) in [4.78, 5) is 12.3. The van der Waals surface area contributed by atoms with E-state index in [9.17, 15) is 26.4 Å². The fraction of sp³-hybridized carbons (Fsp3) is 0.381. The smallest absolute Gasteiger partial charge is 0.417 e. The van der Waals surface area contributed by atoms with Gasteiger partial charge in [0.1, 0.15) is 6.54 Å². The number of anilines is 1. The molecule has 0 saturated heterocycles. The van der Waals surface area contributed by atoms with Gasteiger partial charge in [0.15, 0.2) is 11.5 Å². The number of halogens is 4. The minimum Gasteiger partial charge on any atom is -0.493 e. The highest BCUT2D eigenvalue weighted by molar-refractivity contribution is 7.92. The Morgan fingerprint density at radius 2 is 1.76 bits per heavy atom. The van der Waals surface area contributed by atoms with Gasteiger partial charge in [0.25, 0.3) is 0 Å². The SMILES string of the molecule is COc1ccc(CCCNC(=O)CN(c2ccc(Cl)c(C(F)(F)F)c2)S(C)(=O)=O)cc1OC. The molecule has 1 amide bonds. The standard InChI is InChI=1S/C21H24ClF3N2O5S/c1-31-18-9-6-14(11-19(18)32-2)5-4-10-26-20(28)13-27(33(3,29)30)15-7-8-17(22)16(12-15)21(23,24)25/h6-9,11-12H,4-5,10,13H2,1-3H3,(H,26,28). The average Bonchev–Trinajstić information content (AvgIpc) is 2.73. The van der Waals surface area contributed by atoms with E-state index < -0.39 is 39.2 Å². The summed E-state index contributed by atoms with van der Waals surface area (Å²) < 4.78 is 74.7. The van der Waals surface area contributed by atoms with Gasteiger partial charge >= 0.3 is 6.18 Å². The lowest BCUT2D eigenvalue weighted by Crippen LogP contribution is -2.40. The van der Waals surface area contributed by atoms with E-state index in [4.69, 9.17) is 21.1 Å². The van der Waals surface area contributed by atoms with Gasteiger partial charge in [0.2, 0.25) is 15.9 Å². The zero-order valence-corrected chi connectivity index (χ0v) is 19.8. The summed E-state index contributed by atoms with van der Waals surface area (Å²) in [6.07, 6.45) is -2.83. The lowest BCUT2D eigenvalue weighted by Gasteiger charge is -2.23. The lowest BCUT2D eigenvalue weighted by molar-refractivity contribution is -0.137. The number of nitrogens with one attached hydrogen (secondary N) is 1. The number of ether oxygens (including phenoxy) is 2. The van der Waals surface area contributed by atoms with Crippen LogP contribution in [0.1, 0.15) is 17.5 Å². The molecule has 0 saturated carbocycles. The maximum atomic E-state index is 13.1. The normalized spacial score (nSPS) is 11.7. The van der Waals surface area contributed by atoms with Gasteiger partial charge in [-0.25, -0.2) is 8.42 Å². The topological polar surface area (TPSA) is 84.9 Å². The number of nitrogens with zero attached hydrogens (tertiary/aromatic N) is 1. The molecule has 2 aromatic rings. The predicted molar refractivity (Wildman–Crippen MR) is 120 cm³/mol. The first kappa shape index (κ1) is 26.6. The molecule has 0 unspecified atom stereocenters. The Morgan fingerprint density at radius 3 is 2.33 bits per heavy atom. The van der Waals surface area contributed by atoms with E-state index in [-0.39, 0.29) is 12.2 Å². The van der Waals surface area contributed by atoms with E-state index >= 15 is 0 Å². The fourth-order valence-electron chi connectivity index (χ4n) is 3.03. The molecule has 2 rings (SSSR count). The van der Waals surface area contributed by atoms with E-state index in [1.54, 1.807) is 6.07 Å². The Labute approximate surface area is 195 Å². The molecule has 0 bridgehead atoms. The minimum atomic E-state index is -4.78. The second kappa shape index (κ2) is 11.0. The molecule has 0 aliphatic rings. The summed E-state index contributed by atoms with van der Waals surface area (Å²) in [6.45, 7) is -0.437. The Hall–Kier alpha value is -2.66. The molecular weight excluding hydrogens is 485 g/mol. The van der Waals surface area contributed by atoms with Crippen molar-refractivity contribution in [1.29, 1.82) is 0 Å². The van der Waals surface area contributed by atoms with Gasteiger partial charge in [-0.3, -0.25) is 9.10 Å². The van der Waals surface area contributed by atoms with Crippen molar-refractivity contribution in [3.8, 4) is 11.5 Å². The largest absolute Gasteiger partial charge is 0.493 e. The van der Waals surface area contributed by atoms with E-state index in [0.29, 0.717) is 34.7 Å². The van der Waals surface area contributed by atoms with Gasteiger partial charge in [-0.2, -0.15) is 13.2 Å². The highest BCUT2D eigenvalue weighted by Crippen LogP contribution is 2.37. The zero-order valence-electron chi connectivity index (χ0n) is 18.2. The minimum absolute atomic E-state index is 0.235. The third-order valence-corrected chi connectivity index (χ3v) is 6.11. The zero-order chi connectivity index (χ0) is 24.8. The van der Waals surface area contributed by atoms with E-state index in [1.165, 1.54) is 14.2 Å². The predicted octanol–water partition coefficient (Wildman–Crippen LogP) is 3.89. The summed E-state index contributed by atoms with van der Waals surface area (Å²) in [5.41, 5.74) is -0.555. The molecule has 7 nitrogen and oxygen atoms in total. The van der Waals surface area contributed by atoms with E-state index in [2.05, 4.69) is 5.32 Å². The number of aryl methyl sites for hydroxylation is 1. The van der Waals surface area contributed by atoms with Crippen LogP contribution >= 0.6 is 11.6 Å². The molecule has 0 radical (unpaired) electrons. The molecule has 2 aromatic carbocycles. The first-order valence-corrected chi connectivity index (χ1v) is 11.9. The summed E-state index contributed by atoms with van der Waals surface area (Å²) in [5, 5.41) is 2.01. The first-order valence-electron chi connectivity index (χ1n) is 9.69. The number of sulfonamides is 1. The molecule has 1 N–H and O–H groups in total. The molecular formula is C21H24ClF3N2O5S. The molecule has 12 heteroatoms. The highest BCUT2D eigenvalue weighted by atomic mass is 35.5. The number of hydrogen-bond donors (Lipinski definition) is 1. The van der Waals surface area contributed by atoms with Crippen molar-refractivity contribution < 1.29 is 35.9 Å². The number of amides is 1. The van der Waals surface area contributed by atoms with Crippen LogP contribution in [-0.2, 0) is 27.4 Å². The molecule has 33 heavy (non-hydrogen) atoms. The molecule has 182 valence electrons. The highest BCUT2D eigenvalue weighted by Gasteiger charge is 2.34. The van der Waals surface area contributed by atoms with Gasteiger partial charge in [0, 0.05) is 6.54 Å². The van der Waals surface area contributed by atoms with Crippen molar-refractivity contribution >= 4 is 33.2 Å². The van der Waals surface area contributed by atoms with Crippen molar-refractivity contribution in [1.82, 2.24) is 5.32 Å². The molecule has 0 aliphatic carbocycles. The van der Waals surface area contributed by atoms with Crippen LogP contribution < -0.4 is 19.1 Å². The number of benzene rings is 2. The van der Waals surface area contributed by atoms with E-state index in [1.807, 2.05) is 12.1 Å². The summed E-state index contributed by atoms with van der Waals surface area (Å²) in [7, 11) is -0.990. The van der Waals surface area contributed by atoms with Crippen molar-refractivity contribution in [2.75, 3.05) is 37.9 Å². The lowest BCUT2D eigenvalue weighted by atomic mass is 10.1. The quantitative estimate of drug-likeness (QED) is 0.492. The van der Waals surface area contributed by atoms with Crippen LogP contribution in [0.2, 0.25) is 5.02 Å². The Morgan fingerprint density at radius 1 is 1.09 bits per heavy atom. The second-order valence-corrected chi connectivity index (χ2v) is 9.39. The first-order chi connectivity index (χ1) is 15.4. The van der Waals surface area contributed by atoms with Gasteiger partial charge in [0.05, 0.1) is 36.7 Å². The maximum absolute atomic E-state index is 13.1. The van der Waals surface area contributed by atoms with Gasteiger partial charge < -0.3 is 14.8 Å². The second-order valence-electron chi connectivity index (χ2n) is 7.07. The number of carbonyl (C=O) groups excluding carboxylic acids is 1. The van der Waals surface area contributed by atoms with Crippen LogP contribution in [-0.4, -0.2) is 47.9 Å². The third kappa shape index (κ3) is 7.43. The molecule has 0 aliphatic heterocycles. The van der Waals surface area contributed by atoms with Crippen LogP contribution in [0, 0.1) is 0 Å². The van der Waals surface area contributed by atoms with Crippen LogP contribution in [0.15, 0.2) is 36.4 Å². The molecule has 0 heterocycles. The Kier molecular flexibility index (Phi) is 8.84. The maximum Gasteiger partial charge on any atom is 0.417 e. The number of carbonyl (C=O) groups is 1. The van der Waals surface area contributed by atoms with Crippen molar-refractivity contribution in [3.05, 3.63) is 52.5 Å².